The molecule has 0 bridgehead atoms. The number of hydrogen-bond donors (Lipinski definition) is 0. The summed E-state index contributed by atoms with van der Waals surface area (Å²) in [5.41, 5.74) is 3.27. The molecule has 0 atom stereocenters. The molecular formula is C24H18N4O4S2. The first-order valence-corrected chi connectivity index (χ1v) is 12.0. The monoisotopic (exact) mass is 490 g/mol. The van der Waals surface area contributed by atoms with Crippen LogP contribution in [0, 0.1) is 0 Å². The molecule has 0 radical (unpaired) electrons. The molecule has 0 amide bonds. The van der Waals surface area contributed by atoms with Crippen LogP contribution in [0.2, 0.25) is 0 Å². The van der Waals surface area contributed by atoms with Crippen LogP contribution in [0.4, 0.5) is 0 Å². The van der Waals surface area contributed by atoms with Gasteiger partial charge >= 0.3 is 0 Å². The number of ether oxygens (including phenoxy) is 3. The Bertz CT molecular complexity index is 1570. The highest BCUT2D eigenvalue weighted by Crippen LogP contribution is 2.37. The summed E-state index contributed by atoms with van der Waals surface area (Å²) in [6, 6.07) is 15.7. The minimum atomic E-state index is 0.329. The molecule has 0 aliphatic carbocycles. The van der Waals surface area contributed by atoms with E-state index in [1.54, 1.807) is 30.1 Å². The van der Waals surface area contributed by atoms with Gasteiger partial charge in [-0.15, -0.1) is 16.4 Å². The summed E-state index contributed by atoms with van der Waals surface area (Å²) < 4.78 is 24.6. The summed E-state index contributed by atoms with van der Waals surface area (Å²) >= 11 is 2.96. The van der Waals surface area contributed by atoms with E-state index in [0.717, 1.165) is 26.6 Å². The number of imidazole rings is 1. The minimum Gasteiger partial charge on any atom is -0.496 e. The Hall–Kier alpha value is -3.89. The van der Waals surface area contributed by atoms with Gasteiger partial charge in [-0.05, 0) is 17.4 Å². The zero-order valence-electron chi connectivity index (χ0n) is 18.2. The van der Waals surface area contributed by atoms with Gasteiger partial charge < -0.3 is 18.6 Å². The predicted molar refractivity (Wildman–Crippen MR) is 131 cm³/mol. The Balaban J connectivity index is 1.30. The highest BCUT2D eigenvalue weighted by molar-refractivity contribution is 7.18. The molecule has 8 nitrogen and oxygen atoms in total. The first-order chi connectivity index (χ1) is 16.7. The van der Waals surface area contributed by atoms with E-state index in [0.29, 0.717) is 40.3 Å². The van der Waals surface area contributed by atoms with Crippen molar-refractivity contribution < 1.29 is 18.6 Å². The lowest BCUT2D eigenvalue weighted by molar-refractivity contribution is 0.303. The van der Waals surface area contributed by atoms with Crippen LogP contribution < -0.4 is 14.2 Å². The Morgan fingerprint density at radius 1 is 1.03 bits per heavy atom. The molecule has 4 aromatic heterocycles. The van der Waals surface area contributed by atoms with Crippen molar-refractivity contribution in [3.8, 4) is 38.7 Å². The van der Waals surface area contributed by atoms with E-state index in [1.165, 1.54) is 11.3 Å². The quantitative estimate of drug-likeness (QED) is 0.274. The molecule has 0 N–H and O–H groups in total. The molecular weight excluding hydrogens is 472 g/mol. The van der Waals surface area contributed by atoms with Crippen LogP contribution in [0.25, 0.3) is 38.0 Å². The highest BCUT2D eigenvalue weighted by atomic mass is 32.1. The largest absolute Gasteiger partial charge is 0.496 e. The fourth-order valence-corrected chi connectivity index (χ4v) is 5.08. The average molecular weight is 491 g/mol. The lowest BCUT2D eigenvalue weighted by atomic mass is 10.2. The molecule has 0 saturated heterocycles. The van der Waals surface area contributed by atoms with Gasteiger partial charge in [0, 0.05) is 23.1 Å². The minimum absolute atomic E-state index is 0.329. The van der Waals surface area contributed by atoms with Crippen molar-refractivity contribution in [3.05, 3.63) is 65.8 Å². The fourth-order valence-electron chi connectivity index (χ4n) is 3.57. The normalized spacial score (nSPS) is 11.4. The molecule has 0 spiro atoms. The molecule has 0 aliphatic rings. The number of nitrogens with zero attached hydrogens (tertiary/aromatic N) is 4. The molecule has 4 heterocycles. The van der Waals surface area contributed by atoms with Crippen LogP contribution in [-0.2, 0) is 6.61 Å². The smallest absolute Gasteiger partial charge is 0.294 e. The number of hydrogen-bond acceptors (Lipinski definition) is 9. The van der Waals surface area contributed by atoms with E-state index in [4.69, 9.17) is 23.6 Å². The number of rotatable bonds is 7. The predicted octanol–water partition coefficient (Wildman–Crippen LogP) is 5.92. The zero-order chi connectivity index (χ0) is 23.1. The molecule has 34 heavy (non-hydrogen) atoms. The third kappa shape index (κ3) is 3.76. The molecule has 170 valence electrons. The van der Waals surface area contributed by atoms with Crippen molar-refractivity contribution in [3.63, 3.8) is 0 Å². The Kier molecular flexibility index (Phi) is 5.16. The van der Waals surface area contributed by atoms with Crippen molar-refractivity contribution in [1.82, 2.24) is 19.6 Å². The van der Waals surface area contributed by atoms with Gasteiger partial charge in [-0.25, -0.2) is 14.5 Å². The van der Waals surface area contributed by atoms with Crippen molar-refractivity contribution >= 4 is 38.6 Å². The van der Waals surface area contributed by atoms with Crippen LogP contribution in [0.3, 0.4) is 0 Å². The van der Waals surface area contributed by atoms with Crippen LogP contribution in [0.1, 0.15) is 5.69 Å². The number of methoxy groups -OCH3 is 2. The third-order valence-corrected chi connectivity index (χ3v) is 7.03. The summed E-state index contributed by atoms with van der Waals surface area (Å²) in [4.78, 5) is 10.0. The van der Waals surface area contributed by atoms with Crippen LogP contribution in [-0.4, -0.2) is 33.8 Å². The summed E-state index contributed by atoms with van der Waals surface area (Å²) in [5, 5.41) is 8.68. The van der Waals surface area contributed by atoms with Crippen LogP contribution in [0.5, 0.6) is 16.7 Å². The Morgan fingerprint density at radius 2 is 1.91 bits per heavy atom. The van der Waals surface area contributed by atoms with Gasteiger partial charge in [0.1, 0.15) is 34.4 Å². The topological polar surface area (TPSA) is 83.9 Å². The molecule has 0 unspecified atom stereocenters. The van der Waals surface area contributed by atoms with Crippen molar-refractivity contribution in [2.24, 2.45) is 0 Å². The van der Waals surface area contributed by atoms with E-state index >= 15 is 0 Å². The average Bonchev–Trinajstić information content (AvgIpc) is 3.65. The maximum absolute atomic E-state index is 6.17. The number of aromatic nitrogens is 4. The lowest BCUT2D eigenvalue weighted by Gasteiger charge is -2.07. The van der Waals surface area contributed by atoms with Gasteiger partial charge in [-0.3, -0.25) is 0 Å². The first-order valence-electron chi connectivity index (χ1n) is 10.3. The van der Waals surface area contributed by atoms with Crippen molar-refractivity contribution in [2.45, 2.75) is 6.61 Å². The summed E-state index contributed by atoms with van der Waals surface area (Å²) in [6.07, 6.45) is 1.81. The molecule has 6 aromatic rings. The second-order valence-electron chi connectivity index (χ2n) is 7.37. The van der Waals surface area contributed by atoms with E-state index in [-0.39, 0.29) is 0 Å². The van der Waals surface area contributed by atoms with Gasteiger partial charge in [0.25, 0.3) is 5.19 Å². The maximum atomic E-state index is 6.17. The molecule has 6 rings (SSSR count). The molecule has 2 aromatic carbocycles. The Morgan fingerprint density at radius 3 is 2.71 bits per heavy atom. The molecule has 10 heteroatoms. The molecule has 0 aliphatic heterocycles. The number of fused-ring (bicyclic) bond motifs is 2. The third-order valence-electron chi connectivity index (χ3n) is 5.21. The standard InChI is InChI=1S/C24H18N4O4S2/c1-29-16-8-19(31-12-15-13-33-22(25-15)14-6-4-3-5-7-14)17-10-21(32-20(17)9-16)18-11-28-23(26-18)34-24(27-28)30-2/h3-11,13H,12H2,1-2H3. The highest BCUT2D eigenvalue weighted by Gasteiger charge is 2.17. The van der Waals surface area contributed by atoms with E-state index < -0.39 is 0 Å². The summed E-state index contributed by atoms with van der Waals surface area (Å²) in [6.45, 7) is 0.329. The van der Waals surface area contributed by atoms with Crippen molar-refractivity contribution in [1.29, 1.82) is 0 Å². The van der Waals surface area contributed by atoms with Gasteiger partial charge in [-0.2, -0.15) is 0 Å². The lowest BCUT2D eigenvalue weighted by Crippen LogP contribution is -1.96. The molecule has 0 saturated carbocycles. The van der Waals surface area contributed by atoms with Crippen LogP contribution in [0.15, 0.2) is 64.5 Å². The Labute approximate surface area is 202 Å². The summed E-state index contributed by atoms with van der Waals surface area (Å²) in [5.74, 6) is 1.91. The number of benzene rings is 2. The second kappa shape index (κ2) is 8.47. The number of furan rings is 1. The van der Waals surface area contributed by atoms with E-state index in [9.17, 15) is 0 Å². The van der Waals surface area contributed by atoms with Gasteiger partial charge in [-0.1, -0.05) is 30.3 Å². The first kappa shape index (κ1) is 20.7. The van der Waals surface area contributed by atoms with E-state index in [1.807, 2.05) is 60.1 Å². The number of thiazole rings is 1. The fraction of sp³-hybridized carbons (Fsp3) is 0.125. The SMILES string of the molecule is COc1cc(OCc2csc(-c3ccccc3)n2)c2cc(-c3cn4nc(OC)sc4n3)oc2c1. The van der Waals surface area contributed by atoms with Gasteiger partial charge in [0.15, 0.2) is 5.76 Å². The van der Waals surface area contributed by atoms with Gasteiger partial charge in [0.2, 0.25) is 4.96 Å². The van der Waals surface area contributed by atoms with E-state index in [2.05, 4.69) is 10.1 Å². The zero-order valence-corrected chi connectivity index (χ0v) is 19.9. The van der Waals surface area contributed by atoms with Crippen LogP contribution >= 0.6 is 22.7 Å². The second-order valence-corrected chi connectivity index (χ2v) is 9.15. The summed E-state index contributed by atoms with van der Waals surface area (Å²) in [7, 11) is 3.20. The maximum Gasteiger partial charge on any atom is 0.294 e. The van der Waals surface area contributed by atoms with Crippen molar-refractivity contribution in [2.75, 3.05) is 14.2 Å². The van der Waals surface area contributed by atoms with Gasteiger partial charge in [0.05, 0.1) is 31.5 Å². The molecule has 0 fully saturated rings.